The zero-order valence-corrected chi connectivity index (χ0v) is 11.7. The van der Waals surface area contributed by atoms with Crippen molar-refractivity contribution in [2.75, 3.05) is 0 Å². The molecular weight excluding hydrogens is 270 g/mol. The summed E-state index contributed by atoms with van der Waals surface area (Å²) in [5, 5.41) is 11.6. The maximum atomic E-state index is 12.2. The molecule has 1 saturated carbocycles. The SMILES string of the molecule is C=CCC1CCCC1NC(=O)c1coc(/C=C/C(=O)O)c1. The molecule has 1 aromatic heterocycles. The largest absolute Gasteiger partial charge is 0.478 e. The Morgan fingerprint density at radius 2 is 2.29 bits per heavy atom. The smallest absolute Gasteiger partial charge is 0.328 e. The highest BCUT2D eigenvalue weighted by atomic mass is 16.4. The second-order valence-electron chi connectivity index (χ2n) is 5.20. The van der Waals surface area contributed by atoms with Gasteiger partial charge >= 0.3 is 5.97 Å². The van der Waals surface area contributed by atoms with Gasteiger partial charge < -0.3 is 14.8 Å². The summed E-state index contributed by atoms with van der Waals surface area (Å²) < 4.78 is 5.15. The maximum Gasteiger partial charge on any atom is 0.328 e. The van der Waals surface area contributed by atoms with E-state index in [1.807, 2.05) is 6.08 Å². The topological polar surface area (TPSA) is 79.5 Å². The quantitative estimate of drug-likeness (QED) is 0.623. The standard InChI is InChI=1S/C16H19NO4/c1-2-4-11-5-3-6-14(11)17-16(20)12-9-13(21-10-12)7-8-15(18)19/h2,7-11,14H,1,3-6H2,(H,17,20)(H,18,19)/b8-7+. The Hall–Kier alpha value is -2.30. The van der Waals surface area contributed by atoms with E-state index in [9.17, 15) is 9.59 Å². The molecule has 2 atom stereocenters. The molecule has 2 N–H and O–H groups in total. The normalized spacial score (nSPS) is 21.5. The zero-order chi connectivity index (χ0) is 15.2. The van der Waals surface area contributed by atoms with E-state index in [4.69, 9.17) is 9.52 Å². The van der Waals surface area contributed by atoms with Gasteiger partial charge in [-0.25, -0.2) is 4.79 Å². The molecule has 0 aliphatic heterocycles. The van der Waals surface area contributed by atoms with Crippen LogP contribution < -0.4 is 5.32 Å². The molecule has 0 saturated heterocycles. The van der Waals surface area contributed by atoms with Crippen LogP contribution >= 0.6 is 0 Å². The van der Waals surface area contributed by atoms with Crippen molar-refractivity contribution < 1.29 is 19.1 Å². The predicted molar refractivity (Wildman–Crippen MR) is 78.8 cm³/mol. The minimum atomic E-state index is -1.06. The number of carboxylic acids is 1. The van der Waals surface area contributed by atoms with E-state index in [1.165, 1.54) is 18.4 Å². The van der Waals surface area contributed by atoms with Crippen LogP contribution in [0.1, 0.15) is 41.8 Å². The Labute approximate surface area is 123 Å². The van der Waals surface area contributed by atoms with Gasteiger partial charge in [-0.05, 0) is 37.3 Å². The van der Waals surface area contributed by atoms with Crippen LogP contribution in [0.5, 0.6) is 0 Å². The van der Waals surface area contributed by atoms with Crippen LogP contribution in [0.3, 0.4) is 0 Å². The molecule has 1 fully saturated rings. The third kappa shape index (κ3) is 4.08. The summed E-state index contributed by atoms with van der Waals surface area (Å²) >= 11 is 0. The third-order valence-electron chi connectivity index (χ3n) is 3.72. The average molecular weight is 289 g/mol. The van der Waals surface area contributed by atoms with Gasteiger partial charge in [-0.2, -0.15) is 0 Å². The van der Waals surface area contributed by atoms with Gasteiger partial charge in [0.05, 0.1) is 5.56 Å². The first kappa shape index (κ1) is 15.1. The minimum Gasteiger partial charge on any atom is -0.478 e. The first-order valence-electron chi connectivity index (χ1n) is 7.01. The number of hydrogen-bond donors (Lipinski definition) is 2. The van der Waals surface area contributed by atoms with Crippen LogP contribution in [0, 0.1) is 5.92 Å². The molecule has 0 spiro atoms. The van der Waals surface area contributed by atoms with Gasteiger partial charge in [-0.3, -0.25) is 4.79 Å². The molecule has 2 unspecified atom stereocenters. The first-order chi connectivity index (χ1) is 10.1. The molecule has 1 heterocycles. The molecule has 21 heavy (non-hydrogen) atoms. The summed E-state index contributed by atoms with van der Waals surface area (Å²) in [6.45, 7) is 3.75. The van der Waals surface area contributed by atoms with Crippen LogP contribution in [0.25, 0.3) is 6.08 Å². The number of furan rings is 1. The van der Waals surface area contributed by atoms with Gasteiger partial charge in [0.15, 0.2) is 0 Å². The van der Waals surface area contributed by atoms with Crippen molar-refractivity contribution in [1.82, 2.24) is 5.32 Å². The van der Waals surface area contributed by atoms with Crippen LogP contribution in [0.2, 0.25) is 0 Å². The summed E-state index contributed by atoms with van der Waals surface area (Å²) in [6, 6.07) is 1.70. The maximum absolute atomic E-state index is 12.2. The molecule has 0 aromatic carbocycles. The number of hydrogen-bond acceptors (Lipinski definition) is 3. The van der Waals surface area contributed by atoms with Crippen molar-refractivity contribution >= 4 is 18.0 Å². The van der Waals surface area contributed by atoms with E-state index < -0.39 is 5.97 Å². The third-order valence-corrected chi connectivity index (χ3v) is 3.72. The lowest BCUT2D eigenvalue weighted by Crippen LogP contribution is -2.37. The van der Waals surface area contributed by atoms with Crippen molar-refractivity contribution in [3.05, 3.63) is 42.4 Å². The molecule has 1 aromatic rings. The van der Waals surface area contributed by atoms with Crippen molar-refractivity contribution in [3.8, 4) is 0 Å². The summed E-state index contributed by atoms with van der Waals surface area (Å²) in [5.74, 6) is -0.452. The number of aliphatic carboxylic acids is 1. The zero-order valence-electron chi connectivity index (χ0n) is 11.7. The number of carboxylic acid groups (broad SMARTS) is 1. The number of carbonyl (C=O) groups excluding carboxylic acids is 1. The fraction of sp³-hybridized carbons (Fsp3) is 0.375. The van der Waals surface area contributed by atoms with Crippen LogP contribution in [0.15, 0.2) is 35.5 Å². The van der Waals surface area contributed by atoms with Gasteiger partial charge in [0.1, 0.15) is 12.0 Å². The Morgan fingerprint density at radius 3 is 3.00 bits per heavy atom. The summed E-state index contributed by atoms with van der Waals surface area (Å²) in [7, 11) is 0. The second kappa shape index (κ2) is 6.92. The molecular formula is C16H19NO4. The number of amides is 1. The van der Waals surface area contributed by atoms with E-state index in [0.717, 1.165) is 31.8 Å². The van der Waals surface area contributed by atoms with Crippen molar-refractivity contribution in [1.29, 1.82) is 0 Å². The Kier molecular flexibility index (Phi) is 4.98. The van der Waals surface area contributed by atoms with Gasteiger partial charge in [-0.15, -0.1) is 6.58 Å². The lowest BCUT2D eigenvalue weighted by molar-refractivity contribution is -0.131. The summed E-state index contributed by atoms with van der Waals surface area (Å²) in [4.78, 5) is 22.6. The molecule has 5 heteroatoms. The average Bonchev–Trinajstić information content (AvgIpc) is 3.07. The number of nitrogens with one attached hydrogen (secondary N) is 1. The van der Waals surface area contributed by atoms with Crippen molar-refractivity contribution in [3.63, 3.8) is 0 Å². The molecule has 2 rings (SSSR count). The Morgan fingerprint density at radius 1 is 1.48 bits per heavy atom. The summed E-state index contributed by atoms with van der Waals surface area (Å²) in [5.41, 5.74) is 0.407. The van der Waals surface area contributed by atoms with E-state index in [1.54, 1.807) is 0 Å². The second-order valence-corrected chi connectivity index (χ2v) is 5.20. The van der Waals surface area contributed by atoms with Gasteiger partial charge in [0.2, 0.25) is 0 Å². The highest BCUT2D eigenvalue weighted by Crippen LogP contribution is 2.28. The fourth-order valence-corrected chi connectivity index (χ4v) is 2.69. The van der Waals surface area contributed by atoms with Crippen LogP contribution in [-0.2, 0) is 4.79 Å². The lowest BCUT2D eigenvalue weighted by Gasteiger charge is -2.19. The molecule has 0 radical (unpaired) electrons. The van der Waals surface area contributed by atoms with E-state index in [-0.39, 0.29) is 11.9 Å². The number of carbonyl (C=O) groups is 2. The fourth-order valence-electron chi connectivity index (χ4n) is 2.69. The molecule has 1 aliphatic rings. The Bertz CT molecular complexity index is 558. The number of allylic oxidation sites excluding steroid dienone is 1. The van der Waals surface area contributed by atoms with Crippen molar-refractivity contribution in [2.45, 2.75) is 31.7 Å². The highest BCUT2D eigenvalue weighted by molar-refractivity contribution is 5.95. The first-order valence-corrected chi connectivity index (χ1v) is 7.01. The molecule has 1 aliphatic carbocycles. The monoisotopic (exact) mass is 289 g/mol. The van der Waals surface area contributed by atoms with Crippen molar-refractivity contribution in [2.24, 2.45) is 5.92 Å². The molecule has 5 nitrogen and oxygen atoms in total. The van der Waals surface area contributed by atoms with Gasteiger partial charge in [0.25, 0.3) is 5.91 Å². The van der Waals surface area contributed by atoms with Crippen LogP contribution in [-0.4, -0.2) is 23.0 Å². The van der Waals surface area contributed by atoms with E-state index >= 15 is 0 Å². The van der Waals surface area contributed by atoms with E-state index in [2.05, 4.69) is 11.9 Å². The van der Waals surface area contributed by atoms with E-state index in [0.29, 0.717) is 17.2 Å². The number of rotatable bonds is 6. The van der Waals surface area contributed by atoms with Gasteiger partial charge in [0, 0.05) is 12.1 Å². The van der Waals surface area contributed by atoms with Crippen LogP contribution in [0.4, 0.5) is 0 Å². The van der Waals surface area contributed by atoms with Gasteiger partial charge in [-0.1, -0.05) is 12.5 Å². The molecule has 112 valence electrons. The predicted octanol–water partition coefficient (Wildman–Crippen LogP) is 2.85. The lowest BCUT2D eigenvalue weighted by atomic mass is 9.99. The summed E-state index contributed by atoms with van der Waals surface area (Å²) in [6.07, 6.45) is 9.62. The minimum absolute atomic E-state index is 0.170. The highest BCUT2D eigenvalue weighted by Gasteiger charge is 2.28. The molecule has 1 amide bonds. The Balaban J connectivity index is 1.97. The molecule has 0 bridgehead atoms.